The van der Waals surface area contributed by atoms with Crippen LogP contribution in [0.5, 0.6) is 5.75 Å². The normalized spacial score (nSPS) is 10.1. The molecule has 0 spiro atoms. The number of benzene rings is 1. The topological polar surface area (TPSA) is 38.5 Å². The average molecular weight is 284 g/mol. The van der Waals surface area contributed by atoms with Gasteiger partial charge < -0.3 is 15.4 Å². The molecule has 0 aliphatic heterocycles. The number of ether oxygens (including phenoxy) is 1. The van der Waals surface area contributed by atoms with E-state index < -0.39 is 0 Å². The maximum atomic E-state index is 5.60. The number of thioether (sulfide) groups is 1. The molecule has 0 aliphatic carbocycles. The Morgan fingerprint density at radius 3 is 2.44 bits per heavy atom. The maximum absolute atomic E-state index is 5.60. The van der Waals surface area contributed by atoms with Crippen molar-refractivity contribution in [2.45, 2.75) is 13.8 Å². The van der Waals surface area contributed by atoms with E-state index in [-0.39, 0.29) is 0 Å². The van der Waals surface area contributed by atoms with Gasteiger partial charge in [0.05, 0.1) is 6.61 Å². The molecule has 2 N–H and O–H groups in total. The largest absolute Gasteiger partial charge is 0.493 e. The van der Waals surface area contributed by atoms with Crippen LogP contribution in [0, 0.1) is 0 Å². The zero-order chi connectivity index (χ0) is 13.4. The van der Waals surface area contributed by atoms with E-state index in [1.54, 1.807) is 11.8 Å². The van der Waals surface area contributed by atoms with E-state index in [0.29, 0.717) is 6.61 Å². The number of thiocarbonyl (C=S) groups is 1. The third kappa shape index (κ3) is 5.14. The molecule has 0 atom stereocenters. The van der Waals surface area contributed by atoms with Crippen molar-refractivity contribution in [3.63, 3.8) is 0 Å². The zero-order valence-corrected chi connectivity index (χ0v) is 12.5. The van der Waals surface area contributed by atoms with Crippen LogP contribution in [0.4, 0.5) is 5.69 Å². The summed E-state index contributed by atoms with van der Waals surface area (Å²) in [5, 5.41) is 0. The van der Waals surface area contributed by atoms with Gasteiger partial charge in [0.25, 0.3) is 0 Å². The Morgan fingerprint density at radius 2 is 1.89 bits per heavy atom. The lowest BCUT2D eigenvalue weighted by atomic mass is 10.3. The number of anilines is 1. The van der Waals surface area contributed by atoms with E-state index in [2.05, 4.69) is 18.7 Å². The van der Waals surface area contributed by atoms with Crippen LogP contribution in [-0.2, 0) is 0 Å². The fourth-order valence-electron chi connectivity index (χ4n) is 1.43. The first-order valence-electron chi connectivity index (χ1n) is 6.07. The number of rotatable bonds is 6. The van der Waals surface area contributed by atoms with Gasteiger partial charge in [-0.05, 0) is 38.1 Å². The molecule has 0 aromatic heterocycles. The van der Waals surface area contributed by atoms with E-state index in [1.807, 2.05) is 24.3 Å². The number of nitrogens with two attached hydrogens (primary N) is 1. The van der Waals surface area contributed by atoms with E-state index >= 15 is 0 Å². The summed E-state index contributed by atoms with van der Waals surface area (Å²) in [6.45, 7) is 6.79. The third-order valence-electron chi connectivity index (χ3n) is 2.48. The van der Waals surface area contributed by atoms with E-state index in [9.17, 15) is 0 Å². The second-order valence-electron chi connectivity index (χ2n) is 3.70. The van der Waals surface area contributed by atoms with Gasteiger partial charge in [-0.3, -0.25) is 0 Å². The quantitative estimate of drug-likeness (QED) is 0.494. The SMILES string of the molecule is CCN(CC)C(=S)SCCOc1ccc(N)cc1. The molecule has 0 aliphatic rings. The lowest BCUT2D eigenvalue weighted by Crippen LogP contribution is -2.27. The Morgan fingerprint density at radius 1 is 1.28 bits per heavy atom. The van der Waals surface area contributed by atoms with Gasteiger partial charge in [-0.25, -0.2) is 0 Å². The van der Waals surface area contributed by atoms with Crippen LogP contribution in [0.1, 0.15) is 13.8 Å². The maximum Gasteiger partial charge on any atom is 0.136 e. The van der Waals surface area contributed by atoms with Crippen LogP contribution in [0.2, 0.25) is 0 Å². The van der Waals surface area contributed by atoms with Crippen molar-refractivity contribution < 1.29 is 4.74 Å². The smallest absolute Gasteiger partial charge is 0.136 e. The van der Waals surface area contributed by atoms with Crippen LogP contribution in [-0.4, -0.2) is 34.7 Å². The third-order valence-corrected chi connectivity index (χ3v) is 3.97. The van der Waals surface area contributed by atoms with E-state index in [1.165, 1.54) is 0 Å². The van der Waals surface area contributed by atoms with E-state index in [4.69, 9.17) is 22.7 Å². The van der Waals surface area contributed by atoms with Gasteiger partial charge in [0.1, 0.15) is 10.1 Å². The van der Waals surface area contributed by atoms with Crippen molar-refractivity contribution in [1.82, 2.24) is 4.90 Å². The molecular weight excluding hydrogens is 264 g/mol. The van der Waals surface area contributed by atoms with Crippen molar-refractivity contribution in [3.05, 3.63) is 24.3 Å². The average Bonchev–Trinajstić information content (AvgIpc) is 2.38. The molecule has 0 saturated heterocycles. The molecule has 5 heteroatoms. The Balaban J connectivity index is 2.22. The number of hydrogen-bond donors (Lipinski definition) is 1. The molecular formula is C13H20N2OS2. The monoisotopic (exact) mass is 284 g/mol. The highest BCUT2D eigenvalue weighted by molar-refractivity contribution is 8.22. The Hall–Kier alpha value is -0.940. The molecule has 0 amide bonds. The molecule has 0 saturated carbocycles. The molecule has 0 unspecified atom stereocenters. The lowest BCUT2D eigenvalue weighted by molar-refractivity contribution is 0.344. The van der Waals surface area contributed by atoms with Crippen LogP contribution >= 0.6 is 24.0 Å². The van der Waals surface area contributed by atoms with Gasteiger partial charge in [-0.2, -0.15) is 0 Å². The molecule has 1 aromatic rings. The van der Waals surface area contributed by atoms with Crippen molar-refractivity contribution >= 4 is 34.0 Å². The second kappa shape index (κ2) is 8.21. The molecule has 0 radical (unpaired) electrons. The lowest BCUT2D eigenvalue weighted by Gasteiger charge is -2.20. The standard InChI is InChI=1S/C13H20N2OS2/c1-3-15(4-2)13(17)18-10-9-16-12-7-5-11(14)6-8-12/h5-8H,3-4,9-10,14H2,1-2H3. The minimum atomic E-state index is 0.649. The molecule has 0 heterocycles. The van der Waals surface area contributed by atoms with Crippen LogP contribution in [0.3, 0.4) is 0 Å². The minimum Gasteiger partial charge on any atom is -0.493 e. The fraction of sp³-hybridized carbons (Fsp3) is 0.462. The summed E-state index contributed by atoms with van der Waals surface area (Å²) in [4.78, 5) is 2.17. The number of hydrogen-bond acceptors (Lipinski definition) is 4. The summed E-state index contributed by atoms with van der Waals surface area (Å²) >= 11 is 7.00. The highest BCUT2D eigenvalue weighted by Crippen LogP contribution is 2.14. The summed E-state index contributed by atoms with van der Waals surface area (Å²) in [5.74, 6) is 1.71. The highest BCUT2D eigenvalue weighted by Gasteiger charge is 2.05. The first kappa shape index (κ1) is 15.1. The Labute approximate surface area is 119 Å². The molecule has 18 heavy (non-hydrogen) atoms. The summed E-state index contributed by atoms with van der Waals surface area (Å²) in [7, 11) is 0. The predicted octanol–water partition coefficient (Wildman–Crippen LogP) is 3.01. The minimum absolute atomic E-state index is 0.649. The van der Waals surface area contributed by atoms with Crippen molar-refractivity contribution in [3.8, 4) is 5.75 Å². The predicted molar refractivity (Wildman–Crippen MR) is 84.3 cm³/mol. The fourth-order valence-corrected chi connectivity index (χ4v) is 2.72. The van der Waals surface area contributed by atoms with Crippen molar-refractivity contribution in [2.24, 2.45) is 0 Å². The van der Waals surface area contributed by atoms with Gasteiger partial charge in [0.2, 0.25) is 0 Å². The molecule has 1 aromatic carbocycles. The van der Waals surface area contributed by atoms with Crippen LogP contribution in [0.15, 0.2) is 24.3 Å². The summed E-state index contributed by atoms with van der Waals surface area (Å²) in [5.41, 5.74) is 6.35. The molecule has 0 fully saturated rings. The first-order valence-corrected chi connectivity index (χ1v) is 7.46. The van der Waals surface area contributed by atoms with Gasteiger partial charge in [-0.1, -0.05) is 24.0 Å². The molecule has 100 valence electrons. The van der Waals surface area contributed by atoms with Gasteiger partial charge in [-0.15, -0.1) is 0 Å². The Bertz CT molecular complexity index is 364. The first-order chi connectivity index (χ1) is 8.67. The summed E-state index contributed by atoms with van der Waals surface area (Å²) in [6, 6.07) is 7.43. The van der Waals surface area contributed by atoms with Gasteiger partial charge >= 0.3 is 0 Å². The zero-order valence-electron chi connectivity index (χ0n) is 10.9. The number of nitrogen functional groups attached to an aromatic ring is 1. The van der Waals surface area contributed by atoms with Crippen molar-refractivity contribution in [2.75, 3.05) is 31.2 Å². The number of nitrogens with zero attached hydrogens (tertiary/aromatic N) is 1. The summed E-state index contributed by atoms with van der Waals surface area (Å²) < 4.78 is 6.55. The van der Waals surface area contributed by atoms with Gasteiger partial charge in [0.15, 0.2) is 0 Å². The Kier molecular flexibility index (Phi) is 6.90. The molecule has 1 rings (SSSR count). The highest BCUT2D eigenvalue weighted by atomic mass is 32.2. The second-order valence-corrected chi connectivity index (χ2v) is 5.43. The van der Waals surface area contributed by atoms with Crippen LogP contribution < -0.4 is 10.5 Å². The van der Waals surface area contributed by atoms with Crippen LogP contribution in [0.25, 0.3) is 0 Å². The van der Waals surface area contributed by atoms with Crippen molar-refractivity contribution in [1.29, 1.82) is 0 Å². The molecule has 3 nitrogen and oxygen atoms in total. The van der Waals surface area contributed by atoms with Gasteiger partial charge in [0, 0.05) is 24.5 Å². The summed E-state index contributed by atoms with van der Waals surface area (Å²) in [6.07, 6.45) is 0. The van der Waals surface area contributed by atoms with E-state index in [0.717, 1.165) is 34.6 Å². The molecule has 0 bridgehead atoms.